The minimum absolute atomic E-state index is 0. The molecule has 1 aromatic rings. The summed E-state index contributed by atoms with van der Waals surface area (Å²) in [6, 6.07) is 7.86. The molecule has 0 radical (unpaired) electrons. The summed E-state index contributed by atoms with van der Waals surface area (Å²) >= 11 is 0. The standard InChI is InChI=1S/C20H32N4O2.HI/c1-4-15(5-2)13-22-20(21-3)23-14-16-8-6-9-17(12-16)24-19(25)18-10-7-11-26-18;/h6,8-9,12,15,18H,4-5,7,10-11,13-14H2,1-3H3,(H,24,25)(H2,21,22,23);1H. The number of halogens is 1. The van der Waals surface area contributed by atoms with Gasteiger partial charge in [0.1, 0.15) is 6.10 Å². The van der Waals surface area contributed by atoms with Crippen molar-refractivity contribution in [1.82, 2.24) is 10.6 Å². The number of guanidine groups is 1. The highest BCUT2D eigenvalue weighted by atomic mass is 127. The fraction of sp³-hybridized carbons (Fsp3) is 0.600. The summed E-state index contributed by atoms with van der Waals surface area (Å²) in [5, 5.41) is 9.65. The topological polar surface area (TPSA) is 74.8 Å². The first-order chi connectivity index (χ1) is 12.7. The Morgan fingerprint density at radius 3 is 2.70 bits per heavy atom. The molecule has 27 heavy (non-hydrogen) atoms. The minimum Gasteiger partial charge on any atom is -0.368 e. The van der Waals surface area contributed by atoms with Crippen LogP contribution < -0.4 is 16.0 Å². The third kappa shape index (κ3) is 8.04. The first-order valence-corrected chi connectivity index (χ1v) is 9.62. The Morgan fingerprint density at radius 2 is 2.07 bits per heavy atom. The maximum absolute atomic E-state index is 12.2. The molecule has 0 aromatic heterocycles. The number of carbonyl (C=O) groups excluding carboxylic acids is 1. The molecule has 152 valence electrons. The quantitative estimate of drug-likeness (QED) is 0.298. The molecule has 1 saturated heterocycles. The van der Waals surface area contributed by atoms with Gasteiger partial charge in [0.05, 0.1) is 0 Å². The van der Waals surface area contributed by atoms with Crippen LogP contribution >= 0.6 is 24.0 Å². The van der Waals surface area contributed by atoms with Gasteiger partial charge >= 0.3 is 0 Å². The molecule has 1 aromatic carbocycles. The van der Waals surface area contributed by atoms with E-state index in [2.05, 4.69) is 34.8 Å². The number of aliphatic imine (C=N–C) groups is 1. The van der Waals surface area contributed by atoms with Gasteiger partial charge in [0, 0.05) is 32.4 Å². The van der Waals surface area contributed by atoms with E-state index in [4.69, 9.17) is 4.74 Å². The lowest BCUT2D eigenvalue weighted by Crippen LogP contribution is -2.39. The normalized spacial score (nSPS) is 16.7. The number of nitrogens with one attached hydrogen (secondary N) is 3. The molecule has 1 amide bonds. The third-order valence-corrected chi connectivity index (χ3v) is 4.81. The molecule has 6 nitrogen and oxygen atoms in total. The van der Waals surface area contributed by atoms with E-state index in [1.807, 2.05) is 24.3 Å². The molecular weight excluding hydrogens is 455 g/mol. The van der Waals surface area contributed by atoms with Crippen molar-refractivity contribution in [3.05, 3.63) is 29.8 Å². The van der Waals surface area contributed by atoms with Crippen molar-refractivity contribution in [2.24, 2.45) is 10.9 Å². The number of carbonyl (C=O) groups is 1. The lowest BCUT2D eigenvalue weighted by atomic mass is 10.0. The molecule has 0 aliphatic carbocycles. The van der Waals surface area contributed by atoms with E-state index in [0.29, 0.717) is 19.1 Å². The third-order valence-electron chi connectivity index (χ3n) is 4.81. The molecule has 0 spiro atoms. The van der Waals surface area contributed by atoms with E-state index in [0.717, 1.165) is 49.4 Å². The molecule has 1 atom stereocenters. The van der Waals surface area contributed by atoms with Crippen molar-refractivity contribution >= 4 is 41.5 Å². The monoisotopic (exact) mass is 488 g/mol. The largest absolute Gasteiger partial charge is 0.368 e. The second-order valence-electron chi connectivity index (χ2n) is 6.68. The van der Waals surface area contributed by atoms with E-state index in [1.54, 1.807) is 7.05 Å². The Morgan fingerprint density at radius 1 is 1.30 bits per heavy atom. The predicted octanol–water partition coefficient (Wildman–Crippen LogP) is 3.52. The molecule has 7 heteroatoms. The SMILES string of the molecule is CCC(CC)CNC(=NC)NCc1cccc(NC(=O)C2CCCO2)c1.I. The van der Waals surface area contributed by atoms with Gasteiger partial charge in [-0.1, -0.05) is 38.8 Å². The number of hydrogen-bond donors (Lipinski definition) is 3. The van der Waals surface area contributed by atoms with Crippen LogP contribution in [0.25, 0.3) is 0 Å². The van der Waals surface area contributed by atoms with Crippen LogP contribution in [0.4, 0.5) is 5.69 Å². The Kier molecular flexibility index (Phi) is 11.3. The second-order valence-corrected chi connectivity index (χ2v) is 6.68. The first kappa shape index (κ1) is 23.7. The zero-order chi connectivity index (χ0) is 18.8. The maximum Gasteiger partial charge on any atom is 0.253 e. The smallest absolute Gasteiger partial charge is 0.253 e. The van der Waals surface area contributed by atoms with Crippen LogP contribution in [0.5, 0.6) is 0 Å². The van der Waals surface area contributed by atoms with E-state index < -0.39 is 0 Å². The van der Waals surface area contributed by atoms with Gasteiger partial charge in [0.15, 0.2) is 5.96 Å². The molecule has 3 N–H and O–H groups in total. The van der Waals surface area contributed by atoms with Gasteiger partial charge in [-0.05, 0) is 36.5 Å². The van der Waals surface area contributed by atoms with Crippen LogP contribution in [0.3, 0.4) is 0 Å². The van der Waals surface area contributed by atoms with Crippen molar-refractivity contribution in [3.63, 3.8) is 0 Å². The molecule has 1 heterocycles. The van der Waals surface area contributed by atoms with Crippen molar-refractivity contribution in [3.8, 4) is 0 Å². The predicted molar refractivity (Wildman–Crippen MR) is 122 cm³/mol. The summed E-state index contributed by atoms with van der Waals surface area (Å²) in [6.45, 7) is 6.66. The van der Waals surface area contributed by atoms with E-state index in [1.165, 1.54) is 0 Å². The maximum atomic E-state index is 12.2. The highest BCUT2D eigenvalue weighted by Gasteiger charge is 2.23. The molecule has 1 aliphatic heterocycles. The van der Waals surface area contributed by atoms with Gasteiger partial charge in [0.25, 0.3) is 5.91 Å². The minimum atomic E-state index is -0.315. The summed E-state index contributed by atoms with van der Waals surface area (Å²) in [6.07, 6.45) is 3.75. The zero-order valence-corrected chi connectivity index (χ0v) is 18.9. The Balaban J connectivity index is 0.00000364. The summed E-state index contributed by atoms with van der Waals surface area (Å²) in [4.78, 5) is 16.4. The Bertz CT molecular complexity index is 599. The van der Waals surface area contributed by atoms with Crippen molar-refractivity contribution in [2.45, 2.75) is 52.2 Å². The van der Waals surface area contributed by atoms with Crippen LogP contribution in [-0.4, -0.2) is 38.2 Å². The molecule has 1 unspecified atom stereocenters. The number of nitrogens with zero attached hydrogens (tertiary/aromatic N) is 1. The van der Waals surface area contributed by atoms with E-state index in [9.17, 15) is 4.79 Å². The second kappa shape index (κ2) is 12.9. The van der Waals surface area contributed by atoms with E-state index in [-0.39, 0.29) is 36.0 Å². The van der Waals surface area contributed by atoms with Crippen LogP contribution in [0.2, 0.25) is 0 Å². The fourth-order valence-corrected chi connectivity index (χ4v) is 2.99. The highest BCUT2D eigenvalue weighted by Crippen LogP contribution is 2.16. The Labute approximate surface area is 179 Å². The van der Waals surface area contributed by atoms with Gasteiger partial charge < -0.3 is 20.7 Å². The molecule has 1 aliphatic rings. The first-order valence-electron chi connectivity index (χ1n) is 9.62. The highest BCUT2D eigenvalue weighted by molar-refractivity contribution is 14.0. The average Bonchev–Trinajstić information content (AvgIpc) is 3.20. The molecule has 0 saturated carbocycles. The van der Waals surface area contributed by atoms with Crippen LogP contribution in [0.1, 0.15) is 45.1 Å². The van der Waals surface area contributed by atoms with Gasteiger partial charge in [-0.25, -0.2) is 0 Å². The summed E-state index contributed by atoms with van der Waals surface area (Å²) in [7, 11) is 1.78. The number of ether oxygens (including phenoxy) is 1. The van der Waals surface area contributed by atoms with E-state index >= 15 is 0 Å². The number of hydrogen-bond acceptors (Lipinski definition) is 3. The zero-order valence-electron chi connectivity index (χ0n) is 16.6. The summed E-state index contributed by atoms with van der Waals surface area (Å²) < 4.78 is 5.43. The number of amides is 1. The van der Waals surface area contributed by atoms with Crippen LogP contribution in [0.15, 0.2) is 29.3 Å². The van der Waals surface area contributed by atoms with Crippen LogP contribution in [-0.2, 0) is 16.1 Å². The molecule has 0 bridgehead atoms. The van der Waals surface area contributed by atoms with Crippen molar-refractivity contribution in [1.29, 1.82) is 0 Å². The van der Waals surface area contributed by atoms with Gasteiger partial charge in [-0.3, -0.25) is 9.79 Å². The van der Waals surface area contributed by atoms with Crippen molar-refractivity contribution < 1.29 is 9.53 Å². The van der Waals surface area contributed by atoms with Crippen molar-refractivity contribution in [2.75, 3.05) is 25.5 Å². The van der Waals surface area contributed by atoms with Gasteiger partial charge in [0.2, 0.25) is 0 Å². The lowest BCUT2D eigenvalue weighted by molar-refractivity contribution is -0.124. The molecule has 2 rings (SSSR count). The van der Waals surface area contributed by atoms with Gasteiger partial charge in [-0.2, -0.15) is 0 Å². The molecule has 1 fully saturated rings. The Hall–Kier alpha value is -1.35. The fourth-order valence-electron chi connectivity index (χ4n) is 2.99. The molecular formula is C20H33IN4O2. The summed E-state index contributed by atoms with van der Waals surface area (Å²) in [5.74, 6) is 1.39. The summed E-state index contributed by atoms with van der Waals surface area (Å²) in [5.41, 5.74) is 1.88. The average molecular weight is 488 g/mol. The number of rotatable bonds is 8. The van der Waals surface area contributed by atoms with Crippen LogP contribution in [0, 0.1) is 5.92 Å². The van der Waals surface area contributed by atoms with Gasteiger partial charge in [-0.15, -0.1) is 24.0 Å². The number of anilines is 1. The lowest BCUT2D eigenvalue weighted by Gasteiger charge is -2.17. The number of benzene rings is 1.